The zero-order valence-corrected chi connectivity index (χ0v) is 25.4. The highest BCUT2D eigenvalue weighted by Gasteiger charge is 2.12. The van der Waals surface area contributed by atoms with Crippen molar-refractivity contribution < 1.29 is 47.5 Å². The molecule has 0 spiro atoms. The van der Waals surface area contributed by atoms with Crippen LogP contribution in [0.3, 0.4) is 0 Å². The Balaban J connectivity index is 1.34. The van der Waals surface area contributed by atoms with E-state index in [0.29, 0.717) is 80.0 Å². The Labute approximate surface area is 263 Å². The third kappa shape index (κ3) is 12.9. The highest BCUT2D eigenvalue weighted by atomic mass is 16.7. The summed E-state index contributed by atoms with van der Waals surface area (Å²) in [7, 11) is 0. The average molecular weight is 619 g/mol. The maximum absolute atomic E-state index is 12.7. The van der Waals surface area contributed by atoms with Crippen molar-refractivity contribution in [2.45, 2.75) is 32.6 Å². The van der Waals surface area contributed by atoms with Gasteiger partial charge in [0, 0.05) is 12.2 Å². The number of aryl methyl sites for hydroxylation is 1. The third-order valence-corrected chi connectivity index (χ3v) is 6.15. The van der Waals surface area contributed by atoms with Crippen LogP contribution in [-0.4, -0.2) is 51.1 Å². The molecule has 0 bridgehead atoms. The summed E-state index contributed by atoms with van der Waals surface area (Å²) in [5.41, 5.74) is 1.11. The number of rotatable bonds is 20. The molecule has 0 aliphatic heterocycles. The van der Waals surface area contributed by atoms with Gasteiger partial charge in [0.15, 0.2) is 0 Å². The van der Waals surface area contributed by atoms with Crippen molar-refractivity contribution in [3.8, 4) is 28.7 Å². The van der Waals surface area contributed by atoms with Crippen molar-refractivity contribution in [2.75, 3.05) is 33.2 Å². The summed E-state index contributed by atoms with van der Waals surface area (Å²) in [6, 6.07) is 19.0. The van der Waals surface area contributed by atoms with Crippen LogP contribution >= 0.6 is 0 Å². The molecular formula is C35H38O10. The SMILES string of the molecule is C=CC(=O)OCCCCOc1ccc(OCOc2ccc(OC(=O)c3ccc(OCCCCOC(=O)C=C)cc3)c(C)c2)cc1. The molecule has 3 aromatic carbocycles. The lowest BCUT2D eigenvalue weighted by Crippen LogP contribution is -2.10. The van der Waals surface area contributed by atoms with Gasteiger partial charge in [-0.1, -0.05) is 13.2 Å². The van der Waals surface area contributed by atoms with E-state index in [0.717, 1.165) is 24.1 Å². The Kier molecular flexibility index (Phi) is 14.5. The summed E-state index contributed by atoms with van der Waals surface area (Å²) in [5, 5.41) is 0. The topological polar surface area (TPSA) is 116 Å². The average Bonchev–Trinajstić information content (AvgIpc) is 3.06. The Morgan fingerprint density at radius 2 is 1.04 bits per heavy atom. The zero-order chi connectivity index (χ0) is 32.3. The van der Waals surface area contributed by atoms with Gasteiger partial charge in [-0.25, -0.2) is 14.4 Å². The van der Waals surface area contributed by atoms with Crippen LogP contribution in [0.2, 0.25) is 0 Å². The fraction of sp³-hybridized carbons (Fsp3) is 0.286. The van der Waals surface area contributed by atoms with Crippen LogP contribution in [0.1, 0.15) is 41.6 Å². The largest absolute Gasteiger partial charge is 0.494 e. The van der Waals surface area contributed by atoms with Crippen LogP contribution < -0.4 is 23.7 Å². The summed E-state index contributed by atoms with van der Waals surface area (Å²) in [6.07, 6.45) is 5.10. The van der Waals surface area contributed by atoms with Gasteiger partial charge >= 0.3 is 17.9 Å². The molecule has 0 N–H and O–H groups in total. The molecule has 0 aliphatic rings. The minimum atomic E-state index is -0.493. The molecule has 0 atom stereocenters. The second-order valence-corrected chi connectivity index (χ2v) is 9.57. The van der Waals surface area contributed by atoms with Gasteiger partial charge in [-0.3, -0.25) is 0 Å². The van der Waals surface area contributed by atoms with E-state index in [1.54, 1.807) is 66.7 Å². The smallest absolute Gasteiger partial charge is 0.343 e. The minimum Gasteiger partial charge on any atom is -0.494 e. The molecule has 0 heterocycles. The maximum Gasteiger partial charge on any atom is 0.343 e. The number of carbonyl (C=O) groups excluding carboxylic acids is 3. The molecule has 3 aromatic rings. The quantitative estimate of drug-likeness (QED) is 0.0463. The van der Waals surface area contributed by atoms with E-state index >= 15 is 0 Å². The van der Waals surface area contributed by atoms with Crippen LogP contribution in [0.25, 0.3) is 0 Å². The summed E-state index contributed by atoms with van der Waals surface area (Å²) in [5.74, 6) is 1.56. The maximum atomic E-state index is 12.7. The van der Waals surface area contributed by atoms with Crippen LogP contribution in [0.15, 0.2) is 92.0 Å². The molecule has 238 valence electrons. The first-order valence-electron chi connectivity index (χ1n) is 14.5. The highest BCUT2D eigenvalue weighted by Crippen LogP contribution is 2.25. The van der Waals surface area contributed by atoms with Gasteiger partial charge < -0.3 is 33.2 Å². The van der Waals surface area contributed by atoms with Crippen molar-refractivity contribution in [1.29, 1.82) is 0 Å². The normalized spacial score (nSPS) is 10.2. The fourth-order valence-corrected chi connectivity index (χ4v) is 3.72. The van der Waals surface area contributed by atoms with Gasteiger partial charge in [0.25, 0.3) is 0 Å². The molecule has 0 unspecified atom stereocenters. The Morgan fingerprint density at radius 3 is 1.56 bits per heavy atom. The Bertz CT molecular complexity index is 1400. The van der Waals surface area contributed by atoms with E-state index in [9.17, 15) is 14.4 Å². The monoisotopic (exact) mass is 618 g/mol. The molecule has 0 saturated heterocycles. The van der Waals surface area contributed by atoms with Crippen LogP contribution in [-0.2, 0) is 19.1 Å². The van der Waals surface area contributed by atoms with Gasteiger partial charge in [0.1, 0.15) is 28.7 Å². The molecular weight excluding hydrogens is 580 g/mol. The lowest BCUT2D eigenvalue weighted by molar-refractivity contribution is -0.138. The molecule has 0 fully saturated rings. The third-order valence-electron chi connectivity index (χ3n) is 6.15. The summed E-state index contributed by atoms with van der Waals surface area (Å²) >= 11 is 0. The Hall–Kier alpha value is -5.25. The number of ether oxygens (including phenoxy) is 7. The van der Waals surface area contributed by atoms with Crippen molar-refractivity contribution in [2.24, 2.45) is 0 Å². The van der Waals surface area contributed by atoms with Crippen LogP contribution in [0, 0.1) is 6.92 Å². The van der Waals surface area contributed by atoms with Gasteiger partial charge in [-0.05, 0) is 105 Å². The van der Waals surface area contributed by atoms with Gasteiger partial charge in [-0.15, -0.1) is 0 Å². The lowest BCUT2D eigenvalue weighted by Gasteiger charge is -2.12. The van der Waals surface area contributed by atoms with E-state index < -0.39 is 17.9 Å². The van der Waals surface area contributed by atoms with E-state index in [4.69, 9.17) is 33.2 Å². The molecule has 0 saturated carbocycles. The fourth-order valence-electron chi connectivity index (χ4n) is 3.72. The number of carbonyl (C=O) groups is 3. The lowest BCUT2D eigenvalue weighted by atomic mass is 10.2. The predicted octanol–water partition coefficient (Wildman–Crippen LogP) is 6.41. The van der Waals surface area contributed by atoms with E-state index in [-0.39, 0.29) is 6.79 Å². The first-order chi connectivity index (χ1) is 21.9. The number of esters is 3. The molecule has 10 heteroatoms. The predicted molar refractivity (Wildman–Crippen MR) is 167 cm³/mol. The minimum absolute atomic E-state index is 0.0145. The number of unbranched alkanes of at least 4 members (excludes halogenated alkanes) is 2. The van der Waals surface area contributed by atoms with Crippen molar-refractivity contribution in [3.05, 3.63) is 103 Å². The summed E-state index contributed by atoms with van der Waals surface area (Å²) in [4.78, 5) is 34.7. The number of hydrogen-bond donors (Lipinski definition) is 0. The van der Waals surface area contributed by atoms with E-state index in [1.807, 2.05) is 6.92 Å². The summed E-state index contributed by atoms with van der Waals surface area (Å²) in [6.45, 7) is 10.1. The standard InChI is InChI=1S/C35H38O10/c1-4-33(36)41-22-8-6-20-39-28-12-10-27(11-13-28)35(38)45-32-19-18-31(24-26(32)3)44-25-43-30-16-14-29(15-17-30)40-21-7-9-23-42-34(37)5-2/h4-5,10-19,24H,1-2,6-9,20-23,25H2,3H3. The van der Waals surface area contributed by atoms with Gasteiger partial charge in [0.2, 0.25) is 6.79 Å². The summed E-state index contributed by atoms with van der Waals surface area (Å²) < 4.78 is 38.1. The second-order valence-electron chi connectivity index (χ2n) is 9.57. The second kappa shape index (κ2) is 19.1. The highest BCUT2D eigenvalue weighted by molar-refractivity contribution is 5.91. The molecule has 0 amide bonds. The molecule has 0 aliphatic carbocycles. The zero-order valence-electron chi connectivity index (χ0n) is 25.4. The van der Waals surface area contributed by atoms with Crippen LogP contribution in [0.4, 0.5) is 0 Å². The molecule has 0 radical (unpaired) electrons. The van der Waals surface area contributed by atoms with E-state index in [2.05, 4.69) is 13.2 Å². The molecule has 0 aromatic heterocycles. The molecule has 10 nitrogen and oxygen atoms in total. The first kappa shape index (κ1) is 34.2. The van der Waals surface area contributed by atoms with Crippen molar-refractivity contribution in [1.82, 2.24) is 0 Å². The number of hydrogen-bond acceptors (Lipinski definition) is 10. The Morgan fingerprint density at radius 1 is 0.600 bits per heavy atom. The van der Waals surface area contributed by atoms with Gasteiger partial charge in [-0.2, -0.15) is 0 Å². The van der Waals surface area contributed by atoms with Crippen molar-refractivity contribution in [3.63, 3.8) is 0 Å². The first-order valence-corrected chi connectivity index (χ1v) is 14.5. The van der Waals surface area contributed by atoms with Gasteiger partial charge in [0.05, 0.1) is 32.0 Å². The number of benzene rings is 3. The van der Waals surface area contributed by atoms with Crippen LogP contribution in [0.5, 0.6) is 28.7 Å². The molecule has 45 heavy (non-hydrogen) atoms. The van der Waals surface area contributed by atoms with E-state index in [1.165, 1.54) is 0 Å². The van der Waals surface area contributed by atoms with Crippen molar-refractivity contribution >= 4 is 17.9 Å². The molecule has 3 rings (SSSR count).